The first-order chi connectivity index (χ1) is 15.6. The Kier molecular flexibility index (Phi) is 5.23. The number of allylic oxidation sites excluding steroid dienone is 1. The van der Waals surface area contributed by atoms with Crippen LogP contribution in [-0.2, 0) is 9.59 Å². The van der Waals surface area contributed by atoms with Gasteiger partial charge in [0.15, 0.2) is 5.78 Å². The van der Waals surface area contributed by atoms with Gasteiger partial charge in [-0.2, -0.15) is 0 Å². The number of carbonyl (C=O) groups is 2. The fourth-order valence-corrected chi connectivity index (χ4v) is 4.42. The number of nitrogens with one attached hydrogen (secondary N) is 2. The molecule has 0 fully saturated rings. The Labute approximate surface area is 184 Å². The number of Topliss-reactive ketones (excluding diaryl/α,β-unsaturated/α-hetero) is 1. The normalized spacial score (nSPS) is 17.8. The van der Waals surface area contributed by atoms with Crippen molar-refractivity contribution in [2.45, 2.75) is 25.3 Å². The number of benzene rings is 2. The summed E-state index contributed by atoms with van der Waals surface area (Å²) in [7, 11) is 0. The molecule has 0 bridgehead atoms. The van der Waals surface area contributed by atoms with E-state index < -0.39 is 17.8 Å². The number of nitrogens with zero attached hydrogens (tertiary/aromatic N) is 1. The minimum atomic E-state index is -0.574. The van der Waals surface area contributed by atoms with Gasteiger partial charge in [-0.25, -0.2) is 4.39 Å². The number of para-hydroxylation sites is 3. The lowest BCUT2D eigenvalue weighted by molar-refractivity contribution is -0.117. The summed E-state index contributed by atoms with van der Waals surface area (Å²) in [5.74, 6) is -0.292. The Morgan fingerprint density at radius 2 is 1.91 bits per heavy atom. The third-order valence-electron chi connectivity index (χ3n) is 5.81. The molecule has 32 heavy (non-hydrogen) atoms. The van der Waals surface area contributed by atoms with Crippen LogP contribution in [0.4, 0.5) is 21.5 Å². The van der Waals surface area contributed by atoms with E-state index in [-0.39, 0.29) is 18.0 Å². The van der Waals surface area contributed by atoms with E-state index in [0.717, 1.165) is 29.9 Å². The predicted molar refractivity (Wildman–Crippen MR) is 120 cm³/mol. The van der Waals surface area contributed by atoms with E-state index in [1.807, 2.05) is 35.2 Å². The molecule has 1 aliphatic heterocycles. The number of anilines is 3. The molecule has 2 heterocycles. The van der Waals surface area contributed by atoms with Crippen molar-refractivity contribution in [1.82, 2.24) is 0 Å². The molecule has 0 saturated heterocycles. The maximum Gasteiger partial charge on any atom is 0.244 e. The second-order valence-corrected chi connectivity index (χ2v) is 7.88. The number of hydrogen-bond donors (Lipinski definition) is 2. The van der Waals surface area contributed by atoms with Crippen LogP contribution in [0.3, 0.4) is 0 Å². The van der Waals surface area contributed by atoms with Crippen LogP contribution in [0, 0.1) is 5.82 Å². The highest BCUT2D eigenvalue weighted by Crippen LogP contribution is 2.44. The summed E-state index contributed by atoms with van der Waals surface area (Å²) in [5.41, 5.74) is 3.15. The molecule has 2 N–H and O–H groups in total. The Bertz CT molecular complexity index is 1200. The van der Waals surface area contributed by atoms with E-state index in [2.05, 4.69) is 10.6 Å². The third kappa shape index (κ3) is 3.66. The molecule has 1 aliphatic carbocycles. The fourth-order valence-electron chi connectivity index (χ4n) is 4.42. The minimum absolute atomic E-state index is 0.0347. The molecule has 5 rings (SSSR count). The Hall–Kier alpha value is -3.87. The van der Waals surface area contributed by atoms with Gasteiger partial charge in [-0.15, -0.1) is 0 Å². The first kappa shape index (κ1) is 20.1. The van der Waals surface area contributed by atoms with Gasteiger partial charge >= 0.3 is 0 Å². The van der Waals surface area contributed by atoms with Crippen LogP contribution in [0.2, 0.25) is 0 Å². The van der Waals surface area contributed by atoms with E-state index >= 15 is 0 Å². The maximum atomic E-state index is 14.1. The minimum Gasteiger partial charge on any atom is -0.467 e. The van der Waals surface area contributed by atoms with Crippen LogP contribution in [0.1, 0.15) is 31.1 Å². The van der Waals surface area contributed by atoms with Crippen molar-refractivity contribution in [3.8, 4) is 0 Å². The quantitative estimate of drug-likeness (QED) is 0.606. The lowest BCUT2D eigenvalue weighted by atomic mass is 9.88. The Balaban J connectivity index is 1.59. The molecule has 0 radical (unpaired) electrons. The summed E-state index contributed by atoms with van der Waals surface area (Å²) in [6.07, 6.45) is 3.52. The van der Waals surface area contributed by atoms with Gasteiger partial charge in [-0.1, -0.05) is 24.3 Å². The fraction of sp³-hybridized carbons (Fsp3) is 0.200. The monoisotopic (exact) mass is 431 g/mol. The Morgan fingerprint density at radius 1 is 1.09 bits per heavy atom. The summed E-state index contributed by atoms with van der Waals surface area (Å²) in [5, 5.41) is 6.08. The van der Waals surface area contributed by atoms with E-state index in [4.69, 9.17) is 4.42 Å². The number of rotatable bonds is 4. The molecular weight excluding hydrogens is 409 g/mol. The van der Waals surface area contributed by atoms with Crippen molar-refractivity contribution in [2.75, 3.05) is 22.1 Å². The van der Waals surface area contributed by atoms with Crippen LogP contribution < -0.4 is 15.5 Å². The lowest BCUT2D eigenvalue weighted by Gasteiger charge is -2.33. The highest BCUT2D eigenvalue weighted by atomic mass is 19.1. The van der Waals surface area contributed by atoms with Gasteiger partial charge in [-0.3, -0.25) is 9.59 Å². The number of fused-ring (bicyclic) bond motifs is 1. The molecule has 2 aromatic carbocycles. The van der Waals surface area contributed by atoms with Crippen LogP contribution in [-0.4, -0.2) is 18.2 Å². The molecule has 0 unspecified atom stereocenters. The van der Waals surface area contributed by atoms with Crippen LogP contribution in [0.5, 0.6) is 0 Å². The summed E-state index contributed by atoms with van der Waals surface area (Å²) >= 11 is 0. The zero-order valence-corrected chi connectivity index (χ0v) is 17.3. The number of hydrogen-bond acceptors (Lipinski definition) is 5. The van der Waals surface area contributed by atoms with E-state index in [9.17, 15) is 14.0 Å². The first-order valence-electron chi connectivity index (χ1n) is 10.6. The van der Waals surface area contributed by atoms with E-state index in [0.29, 0.717) is 17.8 Å². The molecule has 7 heteroatoms. The second-order valence-electron chi connectivity index (χ2n) is 7.88. The first-order valence-corrected chi connectivity index (χ1v) is 10.6. The SMILES string of the molecule is O=C(CN1c2ccccc2NC2=C(C(=O)CCC2)[C@H]1c1ccco1)Nc1ccccc1F. The summed E-state index contributed by atoms with van der Waals surface area (Å²) < 4.78 is 19.8. The summed E-state index contributed by atoms with van der Waals surface area (Å²) in [6, 6.07) is 16.7. The van der Waals surface area contributed by atoms with Crippen molar-refractivity contribution < 1.29 is 18.4 Å². The molecule has 1 atom stereocenters. The summed E-state index contributed by atoms with van der Waals surface area (Å²) in [6.45, 7) is -0.0948. The van der Waals surface area contributed by atoms with Crippen molar-refractivity contribution in [3.05, 3.63) is 89.8 Å². The van der Waals surface area contributed by atoms with Gasteiger partial charge < -0.3 is 20.0 Å². The van der Waals surface area contributed by atoms with Crippen molar-refractivity contribution >= 4 is 28.8 Å². The van der Waals surface area contributed by atoms with Gasteiger partial charge in [0, 0.05) is 17.7 Å². The zero-order valence-electron chi connectivity index (χ0n) is 17.3. The number of furan rings is 1. The highest BCUT2D eigenvalue weighted by Gasteiger charge is 2.38. The highest BCUT2D eigenvalue weighted by molar-refractivity contribution is 6.02. The van der Waals surface area contributed by atoms with Gasteiger partial charge in [0.25, 0.3) is 0 Å². The number of halogens is 1. The Morgan fingerprint density at radius 3 is 2.72 bits per heavy atom. The van der Waals surface area contributed by atoms with Crippen molar-refractivity contribution in [3.63, 3.8) is 0 Å². The maximum absolute atomic E-state index is 14.1. The van der Waals surface area contributed by atoms with Crippen molar-refractivity contribution in [2.24, 2.45) is 0 Å². The molecule has 1 aromatic heterocycles. The topological polar surface area (TPSA) is 74.6 Å². The molecule has 162 valence electrons. The molecule has 0 saturated carbocycles. The predicted octanol–water partition coefficient (Wildman–Crippen LogP) is 5.04. The second kappa shape index (κ2) is 8.34. The molecule has 0 spiro atoms. The number of ketones is 1. The van der Waals surface area contributed by atoms with Gasteiger partial charge in [0.2, 0.25) is 5.91 Å². The van der Waals surface area contributed by atoms with Crippen molar-refractivity contribution in [1.29, 1.82) is 0 Å². The zero-order chi connectivity index (χ0) is 22.1. The molecule has 2 aliphatic rings. The van der Waals surface area contributed by atoms with E-state index in [1.165, 1.54) is 12.1 Å². The van der Waals surface area contributed by atoms with E-state index in [1.54, 1.807) is 24.5 Å². The lowest BCUT2D eigenvalue weighted by Crippen LogP contribution is -2.38. The molecule has 6 nitrogen and oxygen atoms in total. The molecule has 3 aromatic rings. The average molecular weight is 431 g/mol. The summed E-state index contributed by atoms with van der Waals surface area (Å²) in [4.78, 5) is 28.0. The number of amides is 1. The molecule has 1 amide bonds. The smallest absolute Gasteiger partial charge is 0.244 e. The molecular formula is C25H22FN3O3. The standard InChI is InChI=1S/C25H22FN3O3/c26-16-7-1-2-8-17(16)28-23(31)15-29-20-11-4-3-9-18(20)27-19-10-5-12-21(30)24(19)25(29)22-13-6-14-32-22/h1-4,6-9,11,13-14,25,27H,5,10,12,15H2,(H,28,31)/t25-/m1/s1. The average Bonchev–Trinajstić information content (AvgIpc) is 3.27. The van der Waals surface area contributed by atoms with Gasteiger partial charge in [-0.05, 0) is 49.2 Å². The van der Waals surface area contributed by atoms with Crippen LogP contribution in [0.15, 0.2) is 82.6 Å². The number of carbonyl (C=O) groups excluding carboxylic acids is 2. The van der Waals surface area contributed by atoms with Gasteiger partial charge in [0.1, 0.15) is 17.6 Å². The largest absolute Gasteiger partial charge is 0.467 e. The third-order valence-corrected chi connectivity index (χ3v) is 5.81. The van der Waals surface area contributed by atoms with Crippen LogP contribution >= 0.6 is 0 Å². The van der Waals surface area contributed by atoms with Crippen LogP contribution in [0.25, 0.3) is 0 Å². The van der Waals surface area contributed by atoms with Gasteiger partial charge in [0.05, 0.1) is 29.9 Å².